The van der Waals surface area contributed by atoms with Crippen LogP contribution in [0.2, 0.25) is 0 Å². The summed E-state index contributed by atoms with van der Waals surface area (Å²) in [7, 11) is 1.52. The van der Waals surface area contributed by atoms with Crippen molar-refractivity contribution < 1.29 is 81.8 Å². The van der Waals surface area contributed by atoms with E-state index in [1.165, 1.54) is 89.4 Å². The summed E-state index contributed by atoms with van der Waals surface area (Å²) >= 11 is 4.96. The number of hydrogen-bond acceptors (Lipinski definition) is 17. The van der Waals surface area contributed by atoms with E-state index in [2.05, 4.69) is 38.8 Å². The van der Waals surface area contributed by atoms with Gasteiger partial charge in [-0.15, -0.1) is 0 Å². The predicted octanol–water partition coefficient (Wildman–Crippen LogP) is 4.47. The molecular weight excluding hydrogens is 974 g/mol. The Morgan fingerprint density at radius 2 is 1.04 bits per heavy atom. The van der Waals surface area contributed by atoms with Crippen molar-refractivity contribution in [2.24, 2.45) is 0 Å². The average molecular weight is 1060 g/mol. The van der Waals surface area contributed by atoms with Crippen molar-refractivity contribution in [3.8, 4) is 0 Å². The molecule has 8 N–H and O–H groups in total. The van der Waals surface area contributed by atoms with Gasteiger partial charge in [-0.05, 0) is 39.0 Å². The zero-order chi connectivity index (χ0) is 54.2. The number of carboxylic acids is 3. The summed E-state index contributed by atoms with van der Waals surface area (Å²) in [6.45, 7) is 5.18. The number of aldehydes is 2. The number of rotatable bonds is 47. The number of likely N-dealkylation sites (N-methyl/N-ethyl adjacent to an activating group) is 1. The topological polar surface area (TPSA) is 311 Å². The van der Waals surface area contributed by atoms with Gasteiger partial charge in [-0.1, -0.05) is 104 Å². The maximum Gasteiger partial charge on any atom is 0.320 e. The van der Waals surface area contributed by atoms with Crippen molar-refractivity contribution in [2.75, 3.05) is 85.0 Å². The molecule has 0 heterocycles. The molecule has 2 unspecified atom stereocenters. The van der Waals surface area contributed by atoms with Gasteiger partial charge < -0.3 is 65.1 Å². The molecule has 3 amide bonds. The largest absolute Gasteiger partial charge is 0.481 e. The molecule has 0 aliphatic carbocycles. The van der Waals surface area contributed by atoms with Crippen molar-refractivity contribution in [3.63, 3.8) is 0 Å². The van der Waals surface area contributed by atoms with Crippen molar-refractivity contribution in [1.29, 1.82) is 0 Å². The average Bonchev–Trinajstić information content (AvgIpc) is 3.34. The summed E-state index contributed by atoms with van der Waals surface area (Å²) in [5.41, 5.74) is 0. The van der Waals surface area contributed by atoms with Gasteiger partial charge in [0, 0.05) is 44.5 Å². The first-order valence-electron chi connectivity index (χ1n) is 24.6. The SMILES string of the molecule is CC.CN[C@@H](CCC(=O)NCCOCCOCC(=O)NCCOCCOCC(=O)NC(C=O)CCC(=O)O)C(=O)O.CSCC(NS)C(=O)F.O=CCCCCCCCCCCCCCCCCC(=O)O. The maximum atomic E-state index is 11.8. The number of carbonyl (C=O) groups excluding carboxylic acids is 6. The second-order valence-electron chi connectivity index (χ2n) is 15.5. The molecule has 3 atom stereocenters. The van der Waals surface area contributed by atoms with Crippen LogP contribution in [0.4, 0.5) is 4.39 Å². The van der Waals surface area contributed by atoms with E-state index in [0.29, 0.717) is 18.5 Å². The van der Waals surface area contributed by atoms with E-state index in [1.54, 1.807) is 6.26 Å². The summed E-state index contributed by atoms with van der Waals surface area (Å²) in [5, 5.41) is 36.2. The number of aliphatic carboxylic acids is 3. The number of unbranched alkanes of at least 4 members (excludes halogenated alkanes) is 14. The van der Waals surface area contributed by atoms with Gasteiger partial charge in [-0.2, -0.15) is 16.2 Å². The Morgan fingerprint density at radius 1 is 0.592 bits per heavy atom. The fourth-order valence-corrected chi connectivity index (χ4v) is 6.61. The quantitative estimate of drug-likeness (QED) is 0.0176. The number of thiol groups is 1. The molecule has 0 aromatic carbocycles. The highest BCUT2D eigenvalue weighted by atomic mass is 32.2. The van der Waals surface area contributed by atoms with E-state index in [1.807, 2.05) is 13.8 Å². The predicted molar refractivity (Wildman–Crippen MR) is 273 cm³/mol. The van der Waals surface area contributed by atoms with Crippen LogP contribution in [0.5, 0.6) is 0 Å². The lowest BCUT2D eigenvalue weighted by molar-refractivity contribution is -0.140. The molecule has 24 heteroatoms. The number of nitrogens with one attached hydrogen (secondary N) is 5. The molecule has 0 spiro atoms. The lowest BCUT2D eigenvalue weighted by Gasteiger charge is -2.12. The summed E-state index contributed by atoms with van der Waals surface area (Å²) in [6.07, 6.45) is 21.6. The standard InChI is InChI=1S/C23H40N4O12.C18H34O3.C4H8FNOS2.C2H6/c1-24-18(23(34)35)3-4-19(29)25-6-8-36-10-12-38-15-20(30)26-7-9-37-11-13-39-16-21(31)27-17(14-28)2-5-22(32)33;19-17-15-13-11-9-7-5-3-1-2-4-6-8-10-12-14-16-18(20)21;1-9-2-3(6-8)4(5)7;1-2/h14,17-18,24H,2-13,15-16H2,1H3,(H,25,29)(H,26,30)(H,27,31)(H,32,33)(H,34,35);17H,1-16H2,(H,20,21);3,6,8H,2H2,1H3;1-2H3/t17?,18-;;;/m0.../s1. The zero-order valence-electron chi connectivity index (χ0n) is 42.7. The number of halogens is 1. The van der Waals surface area contributed by atoms with E-state index >= 15 is 0 Å². The minimum absolute atomic E-state index is 0.00286. The second kappa shape index (κ2) is 58.8. The molecule has 0 aromatic rings. The van der Waals surface area contributed by atoms with E-state index in [4.69, 9.17) is 34.3 Å². The maximum absolute atomic E-state index is 11.8. The van der Waals surface area contributed by atoms with Gasteiger partial charge in [-0.3, -0.25) is 38.3 Å². The van der Waals surface area contributed by atoms with Gasteiger partial charge in [0.2, 0.25) is 17.7 Å². The lowest BCUT2D eigenvalue weighted by atomic mass is 10.0. The normalized spacial score (nSPS) is 11.6. The Kier molecular flexibility index (Phi) is 61.1. The first kappa shape index (κ1) is 73.8. The zero-order valence-corrected chi connectivity index (χ0v) is 44.4. The van der Waals surface area contributed by atoms with Crippen molar-refractivity contribution in [3.05, 3.63) is 0 Å². The first-order valence-corrected chi connectivity index (χ1v) is 26.5. The number of carbonyl (C=O) groups is 9. The molecular formula is C47H88FN5O16S2. The third kappa shape index (κ3) is 60.4. The summed E-state index contributed by atoms with van der Waals surface area (Å²) in [5.74, 6) is -3.48. The minimum Gasteiger partial charge on any atom is -0.481 e. The molecule has 0 fully saturated rings. The smallest absolute Gasteiger partial charge is 0.320 e. The third-order valence-corrected chi connectivity index (χ3v) is 10.5. The van der Waals surface area contributed by atoms with Crippen LogP contribution in [0.3, 0.4) is 0 Å². The Balaban J connectivity index is -0.000000580. The summed E-state index contributed by atoms with van der Waals surface area (Å²) in [4.78, 5) is 97.6. The Bertz CT molecular complexity index is 1360. The van der Waals surface area contributed by atoms with Crippen molar-refractivity contribution in [1.82, 2.24) is 26.0 Å². The monoisotopic (exact) mass is 1060 g/mol. The van der Waals surface area contributed by atoms with Crippen LogP contribution in [0.1, 0.15) is 142 Å². The number of hydrogen-bond donors (Lipinski definition) is 9. The third-order valence-electron chi connectivity index (χ3n) is 9.56. The molecule has 0 radical (unpaired) electrons. The van der Waals surface area contributed by atoms with Gasteiger partial charge in [0.1, 0.15) is 37.9 Å². The summed E-state index contributed by atoms with van der Waals surface area (Å²) < 4.78 is 34.9. The van der Waals surface area contributed by atoms with Gasteiger partial charge in [0.25, 0.3) is 0 Å². The van der Waals surface area contributed by atoms with Gasteiger partial charge in [0.05, 0.1) is 45.7 Å². The number of amides is 3. The first-order chi connectivity index (χ1) is 34.2. The lowest BCUT2D eigenvalue weighted by Crippen LogP contribution is -2.38. The van der Waals surface area contributed by atoms with E-state index in [-0.39, 0.29) is 103 Å². The van der Waals surface area contributed by atoms with E-state index in [0.717, 1.165) is 32.0 Å². The van der Waals surface area contributed by atoms with Crippen LogP contribution < -0.4 is 26.0 Å². The van der Waals surface area contributed by atoms with Crippen molar-refractivity contribution in [2.45, 2.75) is 160 Å². The molecule has 21 nitrogen and oxygen atoms in total. The van der Waals surface area contributed by atoms with Crippen LogP contribution in [-0.4, -0.2) is 173 Å². The van der Waals surface area contributed by atoms with Gasteiger partial charge >= 0.3 is 23.9 Å². The van der Waals surface area contributed by atoms with Crippen LogP contribution in [-0.2, 0) is 62.1 Å². The van der Waals surface area contributed by atoms with Crippen LogP contribution in [0.25, 0.3) is 0 Å². The van der Waals surface area contributed by atoms with Crippen LogP contribution >= 0.6 is 24.6 Å². The molecule has 0 rings (SSSR count). The number of ether oxygens (including phenoxy) is 4. The molecule has 0 aliphatic rings. The Hall–Kier alpha value is -3.78. The Labute approximate surface area is 430 Å². The van der Waals surface area contributed by atoms with Gasteiger partial charge in [0.15, 0.2) is 0 Å². The molecule has 0 saturated carbocycles. The number of carboxylic acid groups (broad SMARTS) is 3. The number of thioether (sulfide) groups is 1. The fourth-order valence-electron chi connectivity index (χ4n) is 5.75. The minimum atomic E-state index is -1.36. The molecule has 416 valence electrons. The highest BCUT2D eigenvalue weighted by molar-refractivity contribution is 7.98. The van der Waals surface area contributed by atoms with Gasteiger partial charge in [-0.25, -0.2) is 0 Å². The Morgan fingerprint density at radius 3 is 1.44 bits per heavy atom. The van der Waals surface area contributed by atoms with E-state index < -0.39 is 48.0 Å². The highest BCUT2D eigenvalue weighted by Crippen LogP contribution is 2.13. The molecule has 71 heavy (non-hydrogen) atoms. The molecule has 0 bridgehead atoms. The fraction of sp³-hybridized carbons (Fsp3) is 0.809. The molecule has 0 aromatic heterocycles. The highest BCUT2D eigenvalue weighted by Gasteiger charge is 2.17. The van der Waals surface area contributed by atoms with Crippen molar-refractivity contribution >= 4 is 78.8 Å². The van der Waals surface area contributed by atoms with Crippen LogP contribution in [0.15, 0.2) is 0 Å². The van der Waals surface area contributed by atoms with Crippen LogP contribution in [0, 0.1) is 0 Å². The second-order valence-corrected chi connectivity index (χ2v) is 16.6. The molecule has 0 aliphatic heterocycles. The van der Waals surface area contributed by atoms with E-state index in [9.17, 15) is 47.5 Å². The molecule has 0 saturated heterocycles. The summed E-state index contributed by atoms with van der Waals surface area (Å²) in [6, 6.07) is -3.78.